The van der Waals surface area contributed by atoms with Crippen molar-refractivity contribution in [3.8, 4) is 5.75 Å². The highest BCUT2D eigenvalue weighted by Crippen LogP contribution is 2.22. The lowest BCUT2D eigenvalue weighted by Gasteiger charge is -2.03. The van der Waals surface area contributed by atoms with E-state index in [0.717, 1.165) is 5.56 Å². The monoisotopic (exact) mass is 371 g/mol. The molecule has 120 valence electrons. The number of ether oxygens (including phenoxy) is 1. The molecule has 0 aliphatic heterocycles. The molecule has 0 saturated carbocycles. The molecule has 2 aromatic carbocycles. The second kappa shape index (κ2) is 8.77. The van der Waals surface area contributed by atoms with Crippen molar-refractivity contribution in [1.82, 2.24) is 0 Å². The van der Waals surface area contributed by atoms with Gasteiger partial charge in [0.2, 0.25) is 0 Å². The molecule has 0 radical (unpaired) electrons. The fraction of sp³-hybridized carbons (Fsp3) is 0.125. The molecule has 0 aromatic heterocycles. The van der Waals surface area contributed by atoms with Crippen LogP contribution in [0.15, 0.2) is 47.6 Å². The lowest BCUT2D eigenvalue weighted by atomic mass is 10.2. The minimum Gasteiger partial charge on any atom is -0.426 e. The standard InChI is InChI=1S/C16H12Cl3NO3/c17-12-2-4-13(5-3-12)23-16(21)7-8-20-22-10-11-1-6-14(18)15(19)9-11/h1-6,8-9H,7,10H2. The van der Waals surface area contributed by atoms with Crippen LogP contribution in [0.25, 0.3) is 0 Å². The van der Waals surface area contributed by atoms with E-state index in [0.29, 0.717) is 20.8 Å². The number of hydrogen-bond donors (Lipinski definition) is 0. The van der Waals surface area contributed by atoms with E-state index in [1.165, 1.54) is 6.21 Å². The molecule has 0 saturated heterocycles. The van der Waals surface area contributed by atoms with Gasteiger partial charge in [-0.1, -0.05) is 46.0 Å². The first kappa shape index (κ1) is 17.6. The Morgan fingerprint density at radius 1 is 1.04 bits per heavy atom. The lowest BCUT2D eigenvalue weighted by molar-refractivity contribution is -0.132. The van der Waals surface area contributed by atoms with E-state index in [2.05, 4.69) is 5.16 Å². The number of hydrogen-bond acceptors (Lipinski definition) is 4. The molecule has 0 N–H and O–H groups in total. The first-order valence-electron chi connectivity index (χ1n) is 6.58. The summed E-state index contributed by atoms with van der Waals surface area (Å²) in [6, 6.07) is 11.6. The highest BCUT2D eigenvalue weighted by Gasteiger charge is 2.03. The average molecular weight is 373 g/mol. The molecule has 0 atom stereocenters. The van der Waals surface area contributed by atoms with Crippen LogP contribution in [0.3, 0.4) is 0 Å². The summed E-state index contributed by atoms with van der Waals surface area (Å²) in [5.41, 5.74) is 0.820. The molecule has 0 fully saturated rings. The van der Waals surface area contributed by atoms with Gasteiger partial charge >= 0.3 is 5.97 Å². The van der Waals surface area contributed by atoms with E-state index in [9.17, 15) is 4.79 Å². The summed E-state index contributed by atoms with van der Waals surface area (Å²) >= 11 is 17.4. The van der Waals surface area contributed by atoms with Gasteiger partial charge in [0.25, 0.3) is 0 Å². The van der Waals surface area contributed by atoms with Gasteiger partial charge in [0.05, 0.1) is 22.7 Å². The van der Waals surface area contributed by atoms with E-state index >= 15 is 0 Å². The number of rotatable bonds is 6. The molecule has 0 unspecified atom stereocenters. The van der Waals surface area contributed by atoms with Crippen molar-refractivity contribution in [1.29, 1.82) is 0 Å². The Balaban J connectivity index is 1.72. The van der Waals surface area contributed by atoms with E-state index < -0.39 is 5.97 Å². The molecule has 0 aliphatic carbocycles. The molecule has 0 heterocycles. The molecule has 2 aromatic rings. The van der Waals surface area contributed by atoms with Crippen LogP contribution >= 0.6 is 34.8 Å². The number of carbonyl (C=O) groups is 1. The minimum absolute atomic E-state index is 0.00992. The van der Waals surface area contributed by atoms with E-state index in [-0.39, 0.29) is 13.0 Å². The maximum atomic E-state index is 11.6. The number of benzene rings is 2. The quantitative estimate of drug-likeness (QED) is 0.305. The van der Waals surface area contributed by atoms with Crippen LogP contribution in [-0.2, 0) is 16.2 Å². The molecule has 7 heteroatoms. The van der Waals surface area contributed by atoms with Gasteiger partial charge in [-0.25, -0.2) is 0 Å². The normalized spacial score (nSPS) is 10.7. The van der Waals surface area contributed by atoms with E-state index in [1.54, 1.807) is 42.5 Å². The van der Waals surface area contributed by atoms with E-state index in [4.69, 9.17) is 44.4 Å². The summed E-state index contributed by atoms with van der Waals surface area (Å²) < 4.78 is 5.09. The average Bonchev–Trinajstić information content (AvgIpc) is 2.53. The minimum atomic E-state index is -0.450. The molecule has 0 bridgehead atoms. The van der Waals surface area contributed by atoms with Gasteiger partial charge in [0.15, 0.2) is 0 Å². The van der Waals surface area contributed by atoms with Gasteiger partial charge < -0.3 is 9.57 Å². The summed E-state index contributed by atoms with van der Waals surface area (Å²) in [5.74, 6) is -0.0289. The summed E-state index contributed by atoms with van der Waals surface area (Å²) in [5, 5.41) is 5.19. The third kappa shape index (κ3) is 6.10. The van der Waals surface area contributed by atoms with Crippen LogP contribution in [0.5, 0.6) is 5.75 Å². The fourth-order valence-corrected chi connectivity index (χ4v) is 2.03. The molecule has 0 aliphatic rings. The Hall–Kier alpha value is -1.75. The van der Waals surface area contributed by atoms with Gasteiger partial charge in [-0.05, 0) is 42.0 Å². The lowest BCUT2D eigenvalue weighted by Crippen LogP contribution is -2.08. The Kier molecular flexibility index (Phi) is 6.71. The van der Waals surface area contributed by atoms with Crippen LogP contribution in [0.4, 0.5) is 0 Å². The Morgan fingerprint density at radius 2 is 1.78 bits per heavy atom. The summed E-state index contributed by atoms with van der Waals surface area (Å²) in [6.45, 7) is 0.222. The first-order valence-corrected chi connectivity index (χ1v) is 7.72. The number of oxime groups is 1. The van der Waals surface area contributed by atoms with Gasteiger partial charge in [0, 0.05) is 5.02 Å². The number of nitrogens with zero attached hydrogens (tertiary/aromatic N) is 1. The zero-order valence-electron chi connectivity index (χ0n) is 11.8. The second-order valence-electron chi connectivity index (χ2n) is 4.44. The van der Waals surface area contributed by atoms with Crippen LogP contribution in [0, 0.1) is 0 Å². The summed E-state index contributed by atoms with van der Waals surface area (Å²) in [7, 11) is 0. The van der Waals surface area contributed by atoms with Gasteiger partial charge in [-0.2, -0.15) is 0 Å². The van der Waals surface area contributed by atoms with Crippen molar-refractivity contribution in [3.05, 3.63) is 63.1 Å². The Morgan fingerprint density at radius 3 is 2.48 bits per heavy atom. The third-order valence-electron chi connectivity index (χ3n) is 2.67. The molecular formula is C16H12Cl3NO3. The van der Waals surface area contributed by atoms with Crippen LogP contribution < -0.4 is 4.74 Å². The predicted octanol–water partition coefficient (Wildman–Crippen LogP) is 5.14. The fourth-order valence-electron chi connectivity index (χ4n) is 1.58. The summed E-state index contributed by atoms with van der Waals surface area (Å²) in [4.78, 5) is 16.7. The molecule has 4 nitrogen and oxygen atoms in total. The Labute approximate surface area is 148 Å². The zero-order chi connectivity index (χ0) is 16.7. The van der Waals surface area contributed by atoms with Gasteiger partial charge in [0.1, 0.15) is 12.4 Å². The van der Waals surface area contributed by atoms with Crippen LogP contribution in [-0.4, -0.2) is 12.2 Å². The number of halogens is 3. The molecule has 0 spiro atoms. The maximum absolute atomic E-state index is 11.6. The molecule has 0 amide bonds. The topological polar surface area (TPSA) is 47.9 Å². The predicted molar refractivity (Wildman–Crippen MR) is 91.4 cm³/mol. The van der Waals surface area contributed by atoms with E-state index in [1.807, 2.05) is 0 Å². The van der Waals surface area contributed by atoms with Crippen molar-refractivity contribution in [2.75, 3.05) is 0 Å². The summed E-state index contributed by atoms with van der Waals surface area (Å²) in [6.07, 6.45) is 1.32. The molecular weight excluding hydrogens is 361 g/mol. The first-order chi connectivity index (χ1) is 11.0. The van der Waals surface area contributed by atoms with Crippen molar-refractivity contribution in [2.45, 2.75) is 13.0 Å². The van der Waals surface area contributed by atoms with Crippen molar-refractivity contribution in [2.24, 2.45) is 5.16 Å². The van der Waals surface area contributed by atoms with Crippen molar-refractivity contribution >= 4 is 47.0 Å². The highest BCUT2D eigenvalue weighted by molar-refractivity contribution is 6.42. The third-order valence-corrected chi connectivity index (χ3v) is 3.66. The van der Waals surface area contributed by atoms with Gasteiger partial charge in [-0.3, -0.25) is 4.79 Å². The zero-order valence-corrected chi connectivity index (χ0v) is 14.1. The van der Waals surface area contributed by atoms with Crippen LogP contribution in [0.2, 0.25) is 15.1 Å². The smallest absolute Gasteiger partial charge is 0.316 e. The van der Waals surface area contributed by atoms with Gasteiger partial charge in [-0.15, -0.1) is 0 Å². The molecule has 2 rings (SSSR count). The molecule has 23 heavy (non-hydrogen) atoms. The second-order valence-corrected chi connectivity index (χ2v) is 5.69. The van der Waals surface area contributed by atoms with Crippen molar-refractivity contribution in [3.63, 3.8) is 0 Å². The number of esters is 1. The SMILES string of the molecule is O=C(CC=NOCc1ccc(Cl)c(Cl)c1)Oc1ccc(Cl)cc1. The van der Waals surface area contributed by atoms with Crippen molar-refractivity contribution < 1.29 is 14.4 Å². The Bertz CT molecular complexity index is 702. The number of carbonyl (C=O) groups excluding carboxylic acids is 1. The highest BCUT2D eigenvalue weighted by atomic mass is 35.5. The maximum Gasteiger partial charge on any atom is 0.316 e. The largest absolute Gasteiger partial charge is 0.426 e. The van der Waals surface area contributed by atoms with Crippen LogP contribution in [0.1, 0.15) is 12.0 Å².